The first-order chi connectivity index (χ1) is 7.24. The van der Waals surface area contributed by atoms with Crippen molar-refractivity contribution in [3.05, 3.63) is 30.3 Å². The van der Waals surface area contributed by atoms with Crippen LogP contribution in [0, 0.1) is 0 Å². The molecule has 0 aliphatic rings. The molecule has 0 aromatic heterocycles. The van der Waals surface area contributed by atoms with Gasteiger partial charge in [0.05, 0.1) is 6.61 Å². The van der Waals surface area contributed by atoms with Crippen LogP contribution >= 0.6 is 0 Å². The zero-order valence-corrected chi connectivity index (χ0v) is 11.2. The number of nitrogens with zero attached hydrogens (tertiary/aromatic N) is 1. The van der Waals surface area contributed by atoms with Crippen molar-refractivity contribution in [2.75, 3.05) is 26.2 Å². The van der Waals surface area contributed by atoms with Gasteiger partial charge in [-0.2, -0.15) is 0 Å². The Balaban J connectivity index is 0.000000262. The van der Waals surface area contributed by atoms with Gasteiger partial charge in [-0.15, -0.1) is 0 Å². The second kappa shape index (κ2) is 10.4. The van der Waals surface area contributed by atoms with Gasteiger partial charge in [0.15, 0.2) is 0 Å². The molecule has 0 heterocycles. The van der Waals surface area contributed by atoms with Crippen LogP contribution in [0.15, 0.2) is 30.3 Å². The average molecular weight is 219 g/mol. The molecule has 0 saturated carbocycles. The van der Waals surface area contributed by atoms with Crippen molar-refractivity contribution in [3.63, 3.8) is 0 Å². The maximum absolute atomic E-state index is 8.46. The summed E-state index contributed by atoms with van der Waals surface area (Å²) in [4.78, 5) is 2.18. The van der Waals surface area contributed by atoms with E-state index in [1.807, 2.05) is 39.9 Å². The van der Waals surface area contributed by atoms with Crippen LogP contribution < -0.4 is 3.69 Å². The van der Waals surface area contributed by atoms with Crippen molar-refractivity contribution in [3.8, 4) is 0 Å². The highest BCUT2D eigenvalue weighted by molar-refractivity contribution is 6.32. The number of hydrogen-bond donors (Lipinski definition) is 1. The maximum Gasteiger partial charge on any atom is 1.47 e. The molecule has 7 radical (unpaired) electrons. The molecule has 0 aliphatic carbocycles. The molecule has 0 bridgehead atoms. The fourth-order valence-corrected chi connectivity index (χ4v) is 1.43. The molecule has 0 atom stereocenters. The second-order valence-electron chi connectivity index (χ2n) is 3.24. The van der Waals surface area contributed by atoms with Gasteiger partial charge in [0.25, 0.3) is 0 Å². The molecule has 0 amide bonds. The quantitative estimate of drug-likeness (QED) is 0.756. The van der Waals surface area contributed by atoms with Gasteiger partial charge in [-0.25, -0.2) is 0 Å². The zero-order valence-electron chi connectivity index (χ0n) is 9.82. The first-order valence-corrected chi connectivity index (χ1v) is 6.15. The summed E-state index contributed by atoms with van der Waals surface area (Å²) in [5.74, 6) is 0. The summed E-state index contributed by atoms with van der Waals surface area (Å²) in [6, 6.07) is 10.3. The normalized spacial score (nSPS) is 9.67. The second-order valence-corrected chi connectivity index (χ2v) is 4.05. The van der Waals surface area contributed by atoms with Gasteiger partial charge in [0.1, 0.15) is 0 Å². The van der Waals surface area contributed by atoms with Crippen LogP contribution in [0.2, 0.25) is 0 Å². The summed E-state index contributed by atoms with van der Waals surface area (Å²) in [6.07, 6.45) is 0. The van der Waals surface area contributed by atoms with Crippen LogP contribution in [0.4, 0.5) is 0 Å². The number of hydrogen-bond acceptors (Lipinski definition) is 2. The molecule has 0 spiro atoms. The molecule has 1 aromatic carbocycles. The lowest BCUT2D eigenvalue weighted by atomic mass is 10.4. The highest BCUT2D eigenvalue weighted by Gasteiger charge is 2.28. The Morgan fingerprint density at radius 3 is 1.87 bits per heavy atom. The van der Waals surface area contributed by atoms with Crippen molar-refractivity contribution < 1.29 is 5.11 Å². The summed E-state index contributed by atoms with van der Waals surface area (Å²) in [5.41, 5.74) is 0. The Morgan fingerprint density at radius 1 is 1.13 bits per heavy atom. The summed E-state index contributed by atoms with van der Waals surface area (Å²) in [6.45, 7) is 7.36. The predicted molar refractivity (Wildman–Crippen MR) is 66.7 cm³/mol. The van der Waals surface area contributed by atoms with E-state index in [1.165, 1.54) is 3.69 Å². The molecule has 0 fully saturated rings. The van der Waals surface area contributed by atoms with E-state index in [0.29, 0.717) is 0 Å². The van der Waals surface area contributed by atoms with Crippen LogP contribution in [0.25, 0.3) is 0 Å². The zero-order chi connectivity index (χ0) is 11.5. The van der Waals surface area contributed by atoms with Crippen LogP contribution in [0.3, 0.4) is 0 Å². The van der Waals surface area contributed by atoms with Crippen molar-refractivity contribution in [1.29, 1.82) is 0 Å². The van der Waals surface area contributed by atoms with E-state index in [0.717, 1.165) is 19.6 Å². The van der Waals surface area contributed by atoms with Gasteiger partial charge >= 0.3 is 25.4 Å². The number of likely N-dealkylation sites (N-methyl/N-ethyl adjacent to an activating group) is 1. The smallest absolute Gasteiger partial charge is 0.395 e. The van der Waals surface area contributed by atoms with E-state index < -0.39 is 0 Å². The van der Waals surface area contributed by atoms with E-state index in [2.05, 4.69) is 30.9 Å². The largest absolute Gasteiger partial charge is 1.47 e. The van der Waals surface area contributed by atoms with E-state index in [9.17, 15) is 0 Å². The molecular weight excluding hydrogens is 198 g/mol. The molecule has 0 unspecified atom stereocenters. The highest BCUT2D eigenvalue weighted by Crippen LogP contribution is 1.82. The third-order valence-electron chi connectivity index (χ3n) is 2.15. The average Bonchev–Trinajstić information content (AvgIpc) is 2.28. The van der Waals surface area contributed by atoms with Crippen molar-refractivity contribution in [2.45, 2.75) is 13.8 Å². The minimum Gasteiger partial charge on any atom is -0.395 e. The minimum absolute atomic E-state index is 0.279. The van der Waals surface area contributed by atoms with E-state index in [1.54, 1.807) is 0 Å². The lowest BCUT2D eigenvalue weighted by Gasteiger charge is -2.15. The van der Waals surface area contributed by atoms with Gasteiger partial charge in [-0.1, -0.05) is 32.0 Å². The maximum atomic E-state index is 8.46. The topological polar surface area (TPSA) is 23.5 Å². The Kier molecular flexibility index (Phi) is 10.4. The van der Waals surface area contributed by atoms with Crippen molar-refractivity contribution in [2.24, 2.45) is 0 Å². The van der Waals surface area contributed by atoms with Crippen LogP contribution in [0.5, 0.6) is 0 Å². The highest BCUT2D eigenvalue weighted by atomic mass is 24.4. The summed E-state index contributed by atoms with van der Waals surface area (Å²) in [5, 5.41) is 8.46. The Bertz CT molecular complexity index is 224. The monoisotopic (exact) mass is 218 g/mol. The number of rotatable bonds is 4. The first kappa shape index (κ1) is 14.9. The lowest BCUT2D eigenvalue weighted by molar-refractivity contribution is 0.208. The molecule has 3 heteroatoms. The molecule has 0 saturated heterocycles. The van der Waals surface area contributed by atoms with Crippen LogP contribution in [-0.4, -0.2) is 58.0 Å². The van der Waals surface area contributed by atoms with Gasteiger partial charge in [0, 0.05) is 18.7 Å². The summed E-state index contributed by atoms with van der Waals surface area (Å²) < 4.78 is 1.35. The Morgan fingerprint density at radius 2 is 1.67 bits per heavy atom. The SMILES string of the molecule is CCN(CC)CCO.[Mg+2][c]1ccccc1. The van der Waals surface area contributed by atoms with Crippen molar-refractivity contribution >= 4 is 25.4 Å². The molecule has 1 aromatic rings. The van der Waals surface area contributed by atoms with Crippen molar-refractivity contribution in [1.82, 2.24) is 4.90 Å². The van der Waals surface area contributed by atoms with E-state index >= 15 is 0 Å². The third-order valence-corrected chi connectivity index (χ3v) is 2.62. The first-order valence-electron chi connectivity index (χ1n) is 5.44. The minimum atomic E-state index is 0.279. The molecule has 15 heavy (non-hydrogen) atoms. The Labute approximate surface area is 106 Å². The summed E-state index contributed by atoms with van der Waals surface area (Å²) >= 11 is 1.90. The summed E-state index contributed by atoms with van der Waals surface area (Å²) in [7, 11) is 0. The van der Waals surface area contributed by atoms with Gasteiger partial charge in [-0.3, -0.25) is 0 Å². The third kappa shape index (κ3) is 8.87. The standard InChI is InChI=1S/C6H15NO.C6H5.Mg/c1-3-7(4-2)5-6-8;1-2-4-6-5-3-1;/h8H,3-6H2,1-2H3;1-5H;/q;;+2. The van der Waals surface area contributed by atoms with Gasteiger partial charge < -0.3 is 10.0 Å². The number of aliphatic hydroxyl groups is 1. The van der Waals surface area contributed by atoms with Gasteiger partial charge in [-0.05, 0) is 13.1 Å². The molecule has 1 rings (SSSR count). The fourth-order valence-electron chi connectivity index (χ4n) is 1.16. The van der Waals surface area contributed by atoms with E-state index in [4.69, 9.17) is 5.11 Å². The number of aliphatic hydroxyl groups excluding tert-OH is 1. The predicted octanol–water partition coefficient (Wildman–Crippen LogP) is 0.801. The lowest BCUT2D eigenvalue weighted by Crippen LogP contribution is -2.25. The fraction of sp³-hybridized carbons (Fsp3) is 0.500. The van der Waals surface area contributed by atoms with Crippen LogP contribution in [0.1, 0.15) is 13.8 Å². The Hall–Kier alpha value is -0.0938. The molecule has 2 nitrogen and oxygen atoms in total. The number of benzene rings is 1. The molecule has 0 aliphatic heterocycles. The van der Waals surface area contributed by atoms with Crippen LogP contribution in [-0.2, 0) is 0 Å². The van der Waals surface area contributed by atoms with E-state index in [-0.39, 0.29) is 6.61 Å². The van der Waals surface area contributed by atoms with Gasteiger partial charge in [0.2, 0.25) is 0 Å². The molecular formula is C12H20MgNO+2. The molecule has 1 N–H and O–H groups in total. The molecule has 79 valence electrons.